The van der Waals surface area contributed by atoms with Gasteiger partial charge in [-0.3, -0.25) is 0 Å². The topological polar surface area (TPSA) is 49.8 Å². The van der Waals surface area contributed by atoms with E-state index in [1.807, 2.05) is 37.3 Å². The van der Waals surface area contributed by atoms with Crippen molar-refractivity contribution in [2.75, 3.05) is 13.1 Å². The number of benzene rings is 1. The number of nitrogens with zero attached hydrogens (tertiary/aromatic N) is 1. The molecule has 1 N–H and O–H groups in total. The smallest absolute Gasteiger partial charge is 0.410 e. The molecule has 98 valence electrons. The summed E-state index contributed by atoms with van der Waals surface area (Å²) in [6.45, 7) is 3.31. The first-order valence-electron chi connectivity index (χ1n) is 6.30. The number of ether oxygens (including phenoxy) is 1. The Labute approximate surface area is 107 Å². The Hall–Kier alpha value is -1.55. The summed E-state index contributed by atoms with van der Waals surface area (Å²) >= 11 is 0. The molecule has 4 heteroatoms. The van der Waals surface area contributed by atoms with Crippen molar-refractivity contribution in [2.45, 2.75) is 26.1 Å². The number of hydrogen-bond donors (Lipinski definition) is 1. The van der Waals surface area contributed by atoms with Crippen molar-refractivity contribution < 1.29 is 14.6 Å². The fraction of sp³-hybridized carbons (Fsp3) is 0.500. The Bertz CT molecular complexity index is 393. The number of aliphatic hydroxyl groups excluding tert-OH is 1. The van der Waals surface area contributed by atoms with Crippen LogP contribution in [0.4, 0.5) is 4.79 Å². The highest BCUT2D eigenvalue weighted by Gasteiger charge is 2.27. The van der Waals surface area contributed by atoms with E-state index in [9.17, 15) is 9.90 Å². The number of carbonyl (C=O) groups excluding carboxylic acids is 1. The summed E-state index contributed by atoms with van der Waals surface area (Å²) < 4.78 is 5.23. The van der Waals surface area contributed by atoms with E-state index in [2.05, 4.69) is 0 Å². The predicted octanol–water partition coefficient (Wildman–Crippen LogP) is 2.03. The third-order valence-corrected chi connectivity index (χ3v) is 3.38. The zero-order valence-corrected chi connectivity index (χ0v) is 10.6. The van der Waals surface area contributed by atoms with Crippen molar-refractivity contribution >= 4 is 6.09 Å². The van der Waals surface area contributed by atoms with Gasteiger partial charge in [0.2, 0.25) is 0 Å². The number of β-amino-alcohol motifs (C(OH)–C–C–N with tert-alkyl or cyclic N) is 1. The third-order valence-electron chi connectivity index (χ3n) is 3.38. The molecule has 1 saturated heterocycles. The molecule has 0 spiro atoms. The van der Waals surface area contributed by atoms with Crippen LogP contribution in [-0.2, 0) is 11.3 Å². The van der Waals surface area contributed by atoms with E-state index in [-0.39, 0.29) is 18.6 Å². The SMILES string of the molecule is CC1CCN(C(=O)OCc2ccccc2)CC1O. The lowest BCUT2D eigenvalue weighted by Crippen LogP contribution is -2.45. The minimum atomic E-state index is -0.442. The molecule has 0 aromatic heterocycles. The molecule has 1 aromatic rings. The van der Waals surface area contributed by atoms with Gasteiger partial charge in [-0.15, -0.1) is 0 Å². The Balaban J connectivity index is 1.82. The maximum absolute atomic E-state index is 11.8. The molecule has 0 aliphatic carbocycles. The quantitative estimate of drug-likeness (QED) is 0.872. The largest absolute Gasteiger partial charge is 0.445 e. The van der Waals surface area contributed by atoms with E-state index >= 15 is 0 Å². The molecule has 1 aromatic carbocycles. The molecule has 1 aliphatic heterocycles. The van der Waals surface area contributed by atoms with Crippen LogP contribution < -0.4 is 0 Å². The summed E-state index contributed by atoms with van der Waals surface area (Å²) in [5, 5.41) is 9.73. The van der Waals surface area contributed by atoms with Gasteiger partial charge < -0.3 is 14.7 Å². The average Bonchev–Trinajstić information content (AvgIpc) is 2.40. The second-order valence-corrected chi connectivity index (χ2v) is 4.82. The molecule has 1 heterocycles. The zero-order valence-electron chi connectivity index (χ0n) is 10.6. The van der Waals surface area contributed by atoms with Gasteiger partial charge in [0.1, 0.15) is 6.61 Å². The molecule has 2 unspecified atom stereocenters. The Morgan fingerprint density at radius 3 is 2.83 bits per heavy atom. The van der Waals surface area contributed by atoms with Crippen molar-refractivity contribution in [1.82, 2.24) is 4.90 Å². The van der Waals surface area contributed by atoms with E-state index in [0.717, 1.165) is 12.0 Å². The lowest BCUT2D eigenvalue weighted by Gasteiger charge is -2.33. The van der Waals surface area contributed by atoms with E-state index in [1.165, 1.54) is 0 Å². The normalized spacial score (nSPS) is 23.8. The summed E-state index contributed by atoms with van der Waals surface area (Å²) in [7, 11) is 0. The fourth-order valence-electron chi connectivity index (χ4n) is 2.03. The summed E-state index contributed by atoms with van der Waals surface area (Å²) in [6, 6.07) is 9.58. The standard InChI is InChI=1S/C14H19NO3/c1-11-7-8-15(9-13(11)16)14(17)18-10-12-5-3-2-4-6-12/h2-6,11,13,16H,7-10H2,1H3. The number of rotatable bonds is 2. The van der Waals surface area contributed by atoms with Gasteiger partial charge in [-0.2, -0.15) is 0 Å². The molecule has 0 radical (unpaired) electrons. The van der Waals surface area contributed by atoms with Gasteiger partial charge in [-0.05, 0) is 17.9 Å². The van der Waals surface area contributed by atoms with Gasteiger partial charge in [0.15, 0.2) is 0 Å². The monoisotopic (exact) mass is 249 g/mol. The van der Waals surface area contributed by atoms with Crippen LogP contribution in [0, 0.1) is 5.92 Å². The predicted molar refractivity (Wildman–Crippen MR) is 68.0 cm³/mol. The van der Waals surface area contributed by atoms with Gasteiger partial charge in [-0.1, -0.05) is 37.3 Å². The van der Waals surface area contributed by atoms with E-state index in [1.54, 1.807) is 4.90 Å². The van der Waals surface area contributed by atoms with Crippen LogP contribution in [0.3, 0.4) is 0 Å². The Kier molecular flexibility index (Phi) is 4.20. The van der Waals surface area contributed by atoms with Gasteiger partial charge >= 0.3 is 6.09 Å². The van der Waals surface area contributed by atoms with Crippen LogP contribution in [0.2, 0.25) is 0 Å². The number of likely N-dealkylation sites (tertiary alicyclic amines) is 1. The first-order valence-corrected chi connectivity index (χ1v) is 6.30. The molecular weight excluding hydrogens is 230 g/mol. The van der Waals surface area contributed by atoms with Crippen molar-refractivity contribution in [3.8, 4) is 0 Å². The molecule has 1 fully saturated rings. The van der Waals surface area contributed by atoms with Crippen LogP contribution in [-0.4, -0.2) is 35.3 Å². The number of carbonyl (C=O) groups is 1. The summed E-state index contributed by atoms with van der Waals surface area (Å²) in [5.41, 5.74) is 0.969. The molecule has 2 atom stereocenters. The number of amides is 1. The van der Waals surface area contributed by atoms with Crippen LogP contribution in [0.15, 0.2) is 30.3 Å². The summed E-state index contributed by atoms with van der Waals surface area (Å²) in [6.07, 6.45) is 0.0366. The molecule has 2 rings (SSSR count). The van der Waals surface area contributed by atoms with Gasteiger partial charge in [0.25, 0.3) is 0 Å². The number of aliphatic hydroxyl groups is 1. The molecule has 1 aliphatic rings. The average molecular weight is 249 g/mol. The Morgan fingerprint density at radius 1 is 1.44 bits per heavy atom. The zero-order chi connectivity index (χ0) is 13.0. The van der Waals surface area contributed by atoms with E-state index in [0.29, 0.717) is 13.1 Å². The van der Waals surface area contributed by atoms with Crippen molar-refractivity contribution in [3.63, 3.8) is 0 Å². The lowest BCUT2D eigenvalue weighted by molar-refractivity contribution is 0.0192. The van der Waals surface area contributed by atoms with Crippen LogP contribution in [0.1, 0.15) is 18.9 Å². The number of hydrogen-bond acceptors (Lipinski definition) is 3. The van der Waals surface area contributed by atoms with Crippen LogP contribution in [0.25, 0.3) is 0 Å². The van der Waals surface area contributed by atoms with Gasteiger partial charge in [0.05, 0.1) is 12.6 Å². The minimum absolute atomic E-state index is 0.253. The highest BCUT2D eigenvalue weighted by Crippen LogP contribution is 2.17. The molecule has 0 saturated carbocycles. The summed E-state index contributed by atoms with van der Waals surface area (Å²) in [4.78, 5) is 13.4. The lowest BCUT2D eigenvalue weighted by atomic mass is 9.96. The molecule has 18 heavy (non-hydrogen) atoms. The van der Waals surface area contributed by atoms with Gasteiger partial charge in [-0.25, -0.2) is 4.79 Å². The van der Waals surface area contributed by atoms with Crippen molar-refractivity contribution in [2.24, 2.45) is 5.92 Å². The Morgan fingerprint density at radius 2 is 2.17 bits per heavy atom. The summed E-state index contributed by atoms with van der Waals surface area (Å²) in [5.74, 6) is 0.253. The number of piperidine rings is 1. The first-order chi connectivity index (χ1) is 8.66. The molecular formula is C14H19NO3. The second kappa shape index (κ2) is 5.87. The maximum Gasteiger partial charge on any atom is 0.410 e. The first kappa shape index (κ1) is 12.9. The second-order valence-electron chi connectivity index (χ2n) is 4.82. The highest BCUT2D eigenvalue weighted by molar-refractivity contribution is 5.67. The fourth-order valence-corrected chi connectivity index (χ4v) is 2.03. The van der Waals surface area contributed by atoms with Crippen LogP contribution in [0.5, 0.6) is 0 Å². The van der Waals surface area contributed by atoms with Crippen molar-refractivity contribution in [1.29, 1.82) is 0 Å². The molecule has 4 nitrogen and oxygen atoms in total. The maximum atomic E-state index is 11.8. The highest BCUT2D eigenvalue weighted by atomic mass is 16.6. The minimum Gasteiger partial charge on any atom is -0.445 e. The van der Waals surface area contributed by atoms with Gasteiger partial charge in [0, 0.05) is 6.54 Å². The van der Waals surface area contributed by atoms with E-state index in [4.69, 9.17) is 4.74 Å². The molecule has 1 amide bonds. The van der Waals surface area contributed by atoms with Crippen molar-refractivity contribution in [3.05, 3.63) is 35.9 Å². The van der Waals surface area contributed by atoms with E-state index < -0.39 is 6.10 Å². The van der Waals surface area contributed by atoms with Crippen LogP contribution >= 0.6 is 0 Å². The molecule has 0 bridgehead atoms. The third kappa shape index (κ3) is 3.23.